The van der Waals surface area contributed by atoms with Crippen LogP contribution in [-0.4, -0.2) is 52.3 Å². The zero-order valence-corrected chi connectivity index (χ0v) is 14.1. The van der Waals surface area contributed by atoms with E-state index in [9.17, 15) is 22.8 Å². The average Bonchev–Trinajstić information content (AvgIpc) is 2.52. The lowest BCUT2D eigenvalue weighted by Crippen LogP contribution is -2.47. The molecule has 0 radical (unpaired) electrons. The highest BCUT2D eigenvalue weighted by Gasteiger charge is 2.32. The monoisotopic (exact) mass is 377 g/mol. The molecule has 2 rings (SSSR count). The average molecular weight is 377 g/mol. The van der Waals surface area contributed by atoms with Crippen LogP contribution in [-0.2, 0) is 16.0 Å². The summed E-state index contributed by atoms with van der Waals surface area (Å²) in [5.74, 6) is -0.289. The summed E-state index contributed by atoms with van der Waals surface area (Å²) < 4.78 is 41.3. The third kappa shape index (κ3) is 6.15. The van der Waals surface area contributed by atoms with E-state index in [0.29, 0.717) is 12.3 Å². The number of benzene rings is 1. The van der Waals surface area contributed by atoms with Gasteiger partial charge in [-0.1, -0.05) is 18.2 Å². The van der Waals surface area contributed by atoms with Crippen LogP contribution >= 0.6 is 11.8 Å². The largest absolute Gasteiger partial charge is 0.573 e. The van der Waals surface area contributed by atoms with Crippen LogP contribution in [0.2, 0.25) is 0 Å². The number of carbonyl (C=O) groups excluding carboxylic acids is 1. The number of para-hydroxylation sites is 1. The molecule has 1 N–H and O–H groups in total. The molecule has 5 nitrogen and oxygen atoms in total. The van der Waals surface area contributed by atoms with Crippen molar-refractivity contribution >= 4 is 23.6 Å². The Labute approximate surface area is 147 Å². The third-order valence-corrected chi connectivity index (χ3v) is 4.86. The summed E-state index contributed by atoms with van der Waals surface area (Å²) in [4.78, 5) is 24.9. The molecule has 1 aliphatic rings. The van der Waals surface area contributed by atoms with E-state index in [1.807, 2.05) is 0 Å². The molecule has 0 aromatic heterocycles. The number of nitrogens with zero attached hydrogens (tertiary/aromatic N) is 1. The van der Waals surface area contributed by atoms with Gasteiger partial charge >= 0.3 is 12.3 Å². The molecule has 1 aromatic rings. The highest BCUT2D eigenvalue weighted by molar-refractivity contribution is 7.99. The fourth-order valence-electron chi connectivity index (χ4n) is 2.67. The maximum absolute atomic E-state index is 12.4. The number of carboxylic acids is 1. The zero-order valence-electron chi connectivity index (χ0n) is 13.3. The Hall–Kier alpha value is -1.90. The summed E-state index contributed by atoms with van der Waals surface area (Å²) in [7, 11) is 0. The predicted octanol–water partition coefficient (Wildman–Crippen LogP) is 2.94. The van der Waals surface area contributed by atoms with Crippen molar-refractivity contribution in [3.63, 3.8) is 0 Å². The van der Waals surface area contributed by atoms with Gasteiger partial charge in [-0.3, -0.25) is 9.59 Å². The molecule has 0 aliphatic carbocycles. The second-order valence-corrected chi connectivity index (χ2v) is 6.72. The van der Waals surface area contributed by atoms with Gasteiger partial charge in [-0.25, -0.2) is 0 Å². The highest BCUT2D eigenvalue weighted by Crippen LogP contribution is 2.27. The number of aliphatic carboxylic acids is 1. The molecule has 25 heavy (non-hydrogen) atoms. The Bertz CT molecular complexity index is 624. The first kappa shape index (κ1) is 19.4. The van der Waals surface area contributed by atoms with E-state index in [0.717, 1.165) is 5.75 Å². The Morgan fingerprint density at radius 1 is 1.32 bits per heavy atom. The van der Waals surface area contributed by atoms with Gasteiger partial charge in [0, 0.05) is 24.5 Å². The van der Waals surface area contributed by atoms with Gasteiger partial charge in [0.1, 0.15) is 5.75 Å². The van der Waals surface area contributed by atoms with E-state index in [1.165, 1.54) is 23.1 Å². The molecule has 1 saturated heterocycles. The maximum Gasteiger partial charge on any atom is 0.573 e. The predicted molar refractivity (Wildman–Crippen MR) is 86.5 cm³/mol. The highest BCUT2D eigenvalue weighted by atomic mass is 32.2. The number of alkyl halides is 3. The molecule has 138 valence electrons. The zero-order chi connectivity index (χ0) is 18.4. The van der Waals surface area contributed by atoms with Gasteiger partial charge in [-0.15, -0.1) is 13.2 Å². The number of carboxylic acid groups (broad SMARTS) is 1. The fraction of sp³-hybridized carbons (Fsp3) is 0.500. The summed E-state index contributed by atoms with van der Waals surface area (Å²) in [5.41, 5.74) is 0.286. The van der Waals surface area contributed by atoms with Crippen LogP contribution in [0.3, 0.4) is 0 Å². The van der Waals surface area contributed by atoms with Crippen molar-refractivity contribution in [1.82, 2.24) is 4.90 Å². The second kappa shape index (κ2) is 8.46. The second-order valence-electron chi connectivity index (χ2n) is 5.57. The first-order chi connectivity index (χ1) is 11.8. The molecule has 1 atom stereocenters. The molecule has 1 heterocycles. The Morgan fingerprint density at radius 3 is 2.72 bits per heavy atom. The van der Waals surface area contributed by atoms with Gasteiger partial charge < -0.3 is 14.7 Å². The van der Waals surface area contributed by atoms with E-state index >= 15 is 0 Å². The summed E-state index contributed by atoms with van der Waals surface area (Å²) >= 11 is 1.59. The van der Waals surface area contributed by atoms with Crippen LogP contribution in [0.25, 0.3) is 0 Å². The number of aryl methyl sites for hydroxylation is 1. The molecule has 1 unspecified atom stereocenters. The molecular weight excluding hydrogens is 359 g/mol. The summed E-state index contributed by atoms with van der Waals surface area (Å²) in [6, 6.07) is 5.31. The normalized spacial score (nSPS) is 18.0. The van der Waals surface area contributed by atoms with Gasteiger partial charge in [-0.05, 0) is 18.1 Å². The lowest BCUT2D eigenvalue weighted by Gasteiger charge is -2.34. The van der Waals surface area contributed by atoms with Crippen molar-refractivity contribution in [3.05, 3.63) is 29.8 Å². The first-order valence-electron chi connectivity index (χ1n) is 7.69. The van der Waals surface area contributed by atoms with E-state index in [2.05, 4.69) is 4.74 Å². The molecule has 1 aromatic carbocycles. The van der Waals surface area contributed by atoms with E-state index in [4.69, 9.17) is 5.11 Å². The Balaban J connectivity index is 2.00. The van der Waals surface area contributed by atoms with E-state index < -0.39 is 12.3 Å². The van der Waals surface area contributed by atoms with Gasteiger partial charge in [0.15, 0.2) is 0 Å². The summed E-state index contributed by atoms with van der Waals surface area (Å²) in [5, 5.41) is 8.95. The quantitative estimate of drug-likeness (QED) is 0.826. The molecule has 1 fully saturated rings. The number of halogens is 3. The molecular formula is C16H18F3NO4S. The van der Waals surface area contributed by atoms with Crippen molar-refractivity contribution in [2.24, 2.45) is 0 Å². The summed E-state index contributed by atoms with van der Waals surface area (Å²) in [6.07, 6.45) is -4.84. The number of thioether (sulfide) groups is 1. The Kier molecular flexibility index (Phi) is 6.57. The van der Waals surface area contributed by atoms with Crippen LogP contribution in [0.1, 0.15) is 18.4 Å². The molecule has 0 bridgehead atoms. The lowest BCUT2D eigenvalue weighted by atomic mass is 10.1. The number of carbonyl (C=O) groups is 2. The maximum atomic E-state index is 12.4. The molecule has 0 saturated carbocycles. The van der Waals surface area contributed by atoms with Crippen molar-refractivity contribution in [3.8, 4) is 5.75 Å². The molecule has 1 aliphatic heterocycles. The fourth-order valence-corrected chi connectivity index (χ4v) is 3.74. The smallest absolute Gasteiger partial charge is 0.481 e. The van der Waals surface area contributed by atoms with Crippen LogP contribution in [0.4, 0.5) is 13.2 Å². The van der Waals surface area contributed by atoms with Crippen LogP contribution in [0, 0.1) is 0 Å². The van der Waals surface area contributed by atoms with Crippen molar-refractivity contribution in [2.45, 2.75) is 31.7 Å². The standard InChI is InChI=1S/C16H18F3NO4S/c17-16(18,19)24-13-4-2-1-3-11(13)5-6-14(21)20-7-8-25-10-12(20)9-15(22)23/h1-4,12H,5-10H2,(H,22,23). The number of hydrogen-bond donors (Lipinski definition) is 1. The first-order valence-corrected chi connectivity index (χ1v) is 8.84. The minimum absolute atomic E-state index is 0.000976. The van der Waals surface area contributed by atoms with E-state index in [-0.39, 0.29) is 42.5 Å². The minimum Gasteiger partial charge on any atom is -0.481 e. The van der Waals surface area contributed by atoms with Crippen LogP contribution in [0.5, 0.6) is 5.75 Å². The SMILES string of the molecule is O=C(O)CC1CSCCN1C(=O)CCc1ccccc1OC(F)(F)F. The van der Waals surface area contributed by atoms with Crippen molar-refractivity contribution in [2.75, 3.05) is 18.1 Å². The van der Waals surface area contributed by atoms with Crippen LogP contribution in [0.15, 0.2) is 24.3 Å². The number of amides is 1. The Morgan fingerprint density at radius 2 is 2.04 bits per heavy atom. The summed E-state index contributed by atoms with van der Waals surface area (Å²) in [6.45, 7) is 0.447. The lowest BCUT2D eigenvalue weighted by molar-refractivity contribution is -0.274. The molecule has 1 amide bonds. The van der Waals surface area contributed by atoms with Crippen molar-refractivity contribution in [1.29, 1.82) is 0 Å². The topological polar surface area (TPSA) is 66.8 Å². The van der Waals surface area contributed by atoms with Gasteiger partial charge in [-0.2, -0.15) is 11.8 Å². The minimum atomic E-state index is -4.79. The van der Waals surface area contributed by atoms with Crippen LogP contribution < -0.4 is 4.74 Å². The molecule has 0 spiro atoms. The van der Waals surface area contributed by atoms with Crippen molar-refractivity contribution < 1.29 is 32.6 Å². The number of hydrogen-bond acceptors (Lipinski definition) is 4. The van der Waals surface area contributed by atoms with Gasteiger partial charge in [0.2, 0.25) is 5.91 Å². The van der Waals surface area contributed by atoms with Gasteiger partial charge in [0.05, 0.1) is 12.5 Å². The third-order valence-electron chi connectivity index (χ3n) is 3.76. The van der Waals surface area contributed by atoms with Gasteiger partial charge in [0.25, 0.3) is 0 Å². The number of ether oxygens (including phenoxy) is 1. The number of rotatable bonds is 6. The molecule has 9 heteroatoms. The van der Waals surface area contributed by atoms with E-state index in [1.54, 1.807) is 17.8 Å².